The predicted molar refractivity (Wildman–Crippen MR) is 225 cm³/mol. The number of nitrogens with zero attached hydrogens (tertiary/aromatic N) is 4. The molecule has 5 amide bonds. The fraction of sp³-hybridized carbons (Fsp3) is 0.488. The second kappa shape index (κ2) is 25.3. The second-order valence-electron chi connectivity index (χ2n) is 14.8. The summed E-state index contributed by atoms with van der Waals surface area (Å²) in [6, 6.07) is 10.2. The van der Waals surface area contributed by atoms with E-state index in [-0.39, 0.29) is 44.1 Å². The normalized spacial score (nSPS) is 13.0. The van der Waals surface area contributed by atoms with Crippen LogP contribution in [0.2, 0.25) is 0 Å². The number of aliphatic imine (C=N–C) groups is 2. The second-order valence-corrected chi connectivity index (χ2v) is 14.8. The molecule has 2 aromatic rings. The number of unbranched alkanes of at least 4 members (excludes halogenated alkanes) is 1. The van der Waals surface area contributed by atoms with Crippen molar-refractivity contribution in [3.63, 3.8) is 0 Å². The highest BCUT2D eigenvalue weighted by molar-refractivity contribution is 5.98. The minimum atomic E-state index is -1.16. The molecular weight excluding hydrogens is 746 g/mol. The molecule has 0 radical (unpaired) electrons. The molecular formula is C41H62FN11O5. The van der Waals surface area contributed by atoms with Crippen LogP contribution in [0.1, 0.15) is 63.5 Å². The topological polar surface area (TPSA) is 243 Å². The smallest absolute Gasteiger partial charge is 0.244 e. The first-order valence-corrected chi connectivity index (χ1v) is 19.4. The standard InChI is InChI=1S/C41H62FN11O5/c1-27(2)25-33(38(57)49-31(36(43)55)16-12-24-46-40(44)45)51-37(56)32(15-10-11-23-47-41(52(3)4)53(5)6)50-39(58)34(26-29-17-20-30(42)21-18-29)48-35(54)22-19-28-13-8-7-9-14-28/h7-9,13-14,17-22,27,31-34H,10-12,15-16,23-26H2,1-6H3,(H2,43,55)(H,48,54)(H,49,57)(H,50,58)(H,51,56)(H4,44,45,46)/b22-19+/t31-,32-,33-,34-/m0/s1. The van der Waals surface area contributed by atoms with Crippen LogP contribution in [0.5, 0.6) is 0 Å². The van der Waals surface area contributed by atoms with Crippen LogP contribution in [-0.2, 0) is 30.4 Å². The van der Waals surface area contributed by atoms with Gasteiger partial charge in [0.1, 0.15) is 30.0 Å². The van der Waals surface area contributed by atoms with Crippen molar-refractivity contribution in [2.45, 2.75) is 83.0 Å². The Bertz CT molecular complexity index is 1700. The van der Waals surface area contributed by atoms with E-state index in [0.717, 1.165) is 11.5 Å². The number of benzene rings is 2. The third-order valence-electron chi connectivity index (χ3n) is 8.75. The van der Waals surface area contributed by atoms with Gasteiger partial charge in [-0.3, -0.25) is 34.0 Å². The van der Waals surface area contributed by atoms with Crippen molar-refractivity contribution in [2.75, 3.05) is 41.3 Å². The summed E-state index contributed by atoms with van der Waals surface area (Å²) >= 11 is 0. The van der Waals surface area contributed by atoms with Crippen molar-refractivity contribution >= 4 is 47.5 Å². The minimum Gasteiger partial charge on any atom is -0.370 e. The minimum absolute atomic E-state index is 0.00595. The highest BCUT2D eigenvalue weighted by Gasteiger charge is 2.31. The Morgan fingerprint density at radius 1 is 0.690 bits per heavy atom. The number of hydrogen-bond donors (Lipinski definition) is 7. The predicted octanol–water partition coefficient (Wildman–Crippen LogP) is 1.26. The third kappa shape index (κ3) is 18.8. The molecule has 0 unspecified atom stereocenters. The van der Waals surface area contributed by atoms with E-state index >= 15 is 0 Å². The molecule has 0 bridgehead atoms. The Kier molecular flexibility index (Phi) is 21.0. The number of guanidine groups is 2. The molecule has 2 aromatic carbocycles. The first-order valence-electron chi connectivity index (χ1n) is 19.4. The molecule has 0 aliphatic heterocycles. The van der Waals surface area contributed by atoms with Gasteiger partial charge in [0.25, 0.3) is 0 Å². The molecule has 0 aliphatic carbocycles. The van der Waals surface area contributed by atoms with E-state index in [1.54, 1.807) is 6.08 Å². The summed E-state index contributed by atoms with van der Waals surface area (Å²) in [5.41, 5.74) is 17.7. The lowest BCUT2D eigenvalue weighted by Gasteiger charge is -2.27. The van der Waals surface area contributed by atoms with E-state index in [0.29, 0.717) is 31.4 Å². The van der Waals surface area contributed by atoms with Gasteiger partial charge in [-0.2, -0.15) is 0 Å². The number of rotatable bonds is 23. The fourth-order valence-corrected chi connectivity index (χ4v) is 5.92. The summed E-state index contributed by atoms with van der Waals surface area (Å²) in [5, 5.41) is 11.0. The summed E-state index contributed by atoms with van der Waals surface area (Å²) in [7, 11) is 7.54. The van der Waals surface area contributed by atoms with Crippen molar-refractivity contribution in [1.82, 2.24) is 31.1 Å². The Labute approximate surface area is 341 Å². The molecule has 0 spiro atoms. The van der Waals surface area contributed by atoms with E-state index in [2.05, 4.69) is 31.3 Å². The van der Waals surface area contributed by atoms with Crippen LogP contribution < -0.4 is 38.5 Å². The van der Waals surface area contributed by atoms with Gasteiger partial charge in [0.2, 0.25) is 29.5 Å². The zero-order chi connectivity index (χ0) is 43.2. The van der Waals surface area contributed by atoms with E-state index in [4.69, 9.17) is 17.2 Å². The van der Waals surface area contributed by atoms with Gasteiger partial charge < -0.3 is 48.3 Å². The quantitative estimate of drug-likeness (QED) is 0.0370. The number of nitrogens with two attached hydrogens (primary N) is 3. The van der Waals surface area contributed by atoms with Gasteiger partial charge in [-0.15, -0.1) is 0 Å². The highest BCUT2D eigenvalue weighted by Crippen LogP contribution is 2.12. The van der Waals surface area contributed by atoms with Gasteiger partial charge in [0.15, 0.2) is 11.9 Å². The van der Waals surface area contributed by atoms with E-state index < -0.39 is 59.5 Å². The molecule has 0 saturated heterocycles. The van der Waals surface area contributed by atoms with E-state index in [9.17, 15) is 28.4 Å². The van der Waals surface area contributed by atoms with Gasteiger partial charge >= 0.3 is 0 Å². The number of hydrogen-bond acceptors (Lipinski definition) is 7. The van der Waals surface area contributed by atoms with Crippen LogP contribution in [0.15, 0.2) is 70.7 Å². The SMILES string of the molecule is CC(C)C[C@H](NC(=O)[C@H](CCCCN=C(N(C)C)N(C)C)NC(=O)[C@H](Cc1ccc(F)cc1)NC(=O)/C=C/c1ccccc1)C(=O)N[C@@H](CCCN=C(N)N)C(N)=O. The van der Waals surface area contributed by atoms with E-state index in [1.807, 2.05) is 82.2 Å². The summed E-state index contributed by atoms with van der Waals surface area (Å²) in [5.74, 6) is -3.11. The maximum absolute atomic E-state index is 14.1. The average Bonchev–Trinajstić information content (AvgIpc) is 3.15. The number of carbonyl (C=O) groups excluding carboxylic acids is 5. The van der Waals surface area contributed by atoms with Crippen LogP contribution in [0.3, 0.4) is 0 Å². The Balaban J connectivity index is 2.38. The van der Waals surface area contributed by atoms with Gasteiger partial charge in [-0.05, 0) is 73.8 Å². The maximum Gasteiger partial charge on any atom is 0.244 e. The highest BCUT2D eigenvalue weighted by atomic mass is 19.1. The fourth-order valence-electron chi connectivity index (χ4n) is 5.92. The summed E-state index contributed by atoms with van der Waals surface area (Å²) < 4.78 is 13.8. The van der Waals surface area contributed by atoms with Gasteiger partial charge in [-0.1, -0.05) is 56.3 Å². The molecule has 2 rings (SSSR count). The summed E-state index contributed by atoms with van der Waals surface area (Å²) in [6.45, 7) is 4.41. The first kappa shape index (κ1) is 48.1. The number of nitrogens with one attached hydrogen (secondary N) is 4. The lowest BCUT2D eigenvalue weighted by atomic mass is 10.0. The zero-order valence-corrected chi connectivity index (χ0v) is 34.5. The third-order valence-corrected chi connectivity index (χ3v) is 8.75. The molecule has 0 saturated carbocycles. The number of halogens is 1. The van der Waals surface area contributed by atoms with Gasteiger partial charge in [-0.25, -0.2) is 4.39 Å². The van der Waals surface area contributed by atoms with Crippen molar-refractivity contribution in [1.29, 1.82) is 0 Å². The number of carbonyl (C=O) groups is 5. The molecule has 0 heterocycles. The lowest BCUT2D eigenvalue weighted by Crippen LogP contribution is -2.58. The molecule has 0 aromatic heterocycles. The van der Waals surface area contributed by atoms with Gasteiger partial charge in [0.05, 0.1) is 0 Å². The van der Waals surface area contributed by atoms with Crippen LogP contribution >= 0.6 is 0 Å². The number of amides is 5. The van der Waals surface area contributed by atoms with Crippen LogP contribution in [0, 0.1) is 11.7 Å². The molecule has 17 heteroatoms. The van der Waals surface area contributed by atoms with Gasteiger partial charge in [0, 0.05) is 53.8 Å². The van der Waals surface area contributed by atoms with Crippen LogP contribution in [0.4, 0.5) is 4.39 Å². The monoisotopic (exact) mass is 807 g/mol. The first-order chi connectivity index (χ1) is 27.5. The van der Waals surface area contributed by atoms with Crippen LogP contribution in [-0.4, -0.2) is 117 Å². The van der Waals surface area contributed by atoms with Crippen molar-refractivity contribution < 1.29 is 28.4 Å². The maximum atomic E-state index is 14.1. The molecule has 16 nitrogen and oxygen atoms in total. The van der Waals surface area contributed by atoms with E-state index in [1.165, 1.54) is 30.3 Å². The molecule has 4 atom stereocenters. The Hall–Kier alpha value is -6.00. The van der Waals surface area contributed by atoms with Crippen molar-refractivity contribution in [3.05, 3.63) is 77.6 Å². The largest absolute Gasteiger partial charge is 0.370 e. The molecule has 58 heavy (non-hydrogen) atoms. The summed E-state index contributed by atoms with van der Waals surface area (Å²) in [6.07, 6.45) is 4.82. The average molecular weight is 808 g/mol. The Morgan fingerprint density at radius 2 is 1.24 bits per heavy atom. The van der Waals surface area contributed by atoms with Crippen molar-refractivity contribution in [3.8, 4) is 0 Å². The Morgan fingerprint density at radius 3 is 1.83 bits per heavy atom. The zero-order valence-electron chi connectivity index (χ0n) is 34.5. The lowest BCUT2D eigenvalue weighted by molar-refractivity contribution is -0.134. The van der Waals surface area contributed by atoms with Crippen LogP contribution in [0.25, 0.3) is 6.08 Å². The number of primary amides is 1. The molecule has 318 valence electrons. The molecule has 0 aliphatic rings. The molecule has 0 fully saturated rings. The summed E-state index contributed by atoms with van der Waals surface area (Å²) in [4.78, 5) is 79.5. The molecule has 10 N–H and O–H groups in total. The van der Waals surface area contributed by atoms with Crippen molar-refractivity contribution in [2.24, 2.45) is 33.1 Å².